The highest BCUT2D eigenvalue weighted by Crippen LogP contribution is 2.38. The molecule has 1 saturated heterocycles. The van der Waals surface area contributed by atoms with Crippen LogP contribution < -0.4 is 9.47 Å². The van der Waals surface area contributed by atoms with Crippen molar-refractivity contribution >= 4 is 17.7 Å². The van der Waals surface area contributed by atoms with Crippen molar-refractivity contribution < 1.29 is 27.4 Å². The molecule has 1 aromatic heterocycles. The molecule has 0 spiro atoms. The average Bonchev–Trinajstić information content (AvgIpc) is 3.10. The highest BCUT2D eigenvalue weighted by Gasteiger charge is 2.32. The molecule has 1 amide bonds. The zero-order valence-electron chi connectivity index (χ0n) is 16.2. The number of hydrogen-bond acceptors (Lipinski definition) is 5. The van der Waals surface area contributed by atoms with Gasteiger partial charge in [0.25, 0.3) is 0 Å². The third kappa shape index (κ3) is 4.66. The average molecular weight is 438 g/mol. The van der Waals surface area contributed by atoms with Crippen LogP contribution in [0.15, 0.2) is 41.6 Å². The normalized spacial score (nSPS) is 18.9. The Morgan fingerprint density at radius 2 is 1.93 bits per heavy atom. The second kappa shape index (κ2) is 8.75. The fourth-order valence-corrected chi connectivity index (χ4v) is 4.38. The molecule has 0 radical (unpaired) electrons. The molecule has 2 aliphatic rings. The van der Waals surface area contributed by atoms with Crippen LogP contribution in [0.3, 0.4) is 0 Å². The van der Waals surface area contributed by atoms with Gasteiger partial charge >= 0.3 is 6.18 Å². The molecule has 0 N–H and O–H groups in total. The molecule has 2 aliphatic heterocycles. The standard InChI is InChI=1S/C21H21F3N2O3S/c22-21(23,24)15-5-7-19(25-12-15)30-13-20(27)26-8-1-3-16(26)14-4-6-17-18(11-14)29-10-2-9-28-17/h4-7,11-12,16H,1-3,8-10,13H2/t16-/m0/s1. The summed E-state index contributed by atoms with van der Waals surface area (Å²) in [4.78, 5) is 18.5. The van der Waals surface area contributed by atoms with E-state index in [0.717, 1.165) is 54.6 Å². The van der Waals surface area contributed by atoms with Crippen molar-refractivity contribution in [2.45, 2.75) is 36.5 Å². The van der Waals surface area contributed by atoms with E-state index in [1.807, 2.05) is 23.1 Å². The minimum absolute atomic E-state index is 0.0455. The zero-order chi connectivity index (χ0) is 21.1. The Morgan fingerprint density at radius 3 is 2.67 bits per heavy atom. The first-order valence-corrected chi connectivity index (χ1v) is 10.8. The predicted octanol–water partition coefficient (Wildman–Crippen LogP) is 4.72. The summed E-state index contributed by atoms with van der Waals surface area (Å²) in [5.41, 5.74) is 0.204. The Kier molecular flexibility index (Phi) is 6.08. The Labute approximate surface area is 176 Å². The van der Waals surface area contributed by atoms with E-state index in [2.05, 4.69) is 4.98 Å². The zero-order valence-corrected chi connectivity index (χ0v) is 17.0. The molecule has 2 aromatic rings. The minimum Gasteiger partial charge on any atom is -0.490 e. The fraction of sp³-hybridized carbons (Fsp3) is 0.429. The molecule has 0 unspecified atom stereocenters. The number of carbonyl (C=O) groups is 1. The third-order valence-electron chi connectivity index (χ3n) is 5.14. The molecular weight excluding hydrogens is 417 g/mol. The number of ether oxygens (including phenoxy) is 2. The van der Waals surface area contributed by atoms with Gasteiger partial charge in [-0.2, -0.15) is 13.2 Å². The van der Waals surface area contributed by atoms with Gasteiger partial charge in [-0.1, -0.05) is 17.8 Å². The maximum atomic E-state index is 12.8. The number of pyridine rings is 1. The van der Waals surface area contributed by atoms with Gasteiger partial charge in [-0.3, -0.25) is 4.79 Å². The van der Waals surface area contributed by atoms with Gasteiger partial charge in [0.1, 0.15) is 0 Å². The summed E-state index contributed by atoms with van der Waals surface area (Å²) >= 11 is 1.14. The molecular formula is C21H21F3N2O3S. The van der Waals surface area contributed by atoms with E-state index < -0.39 is 11.7 Å². The van der Waals surface area contributed by atoms with Gasteiger partial charge < -0.3 is 14.4 Å². The van der Waals surface area contributed by atoms with Crippen LogP contribution in [0.5, 0.6) is 11.5 Å². The number of benzene rings is 1. The first kappa shape index (κ1) is 20.8. The van der Waals surface area contributed by atoms with E-state index in [9.17, 15) is 18.0 Å². The summed E-state index contributed by atoms with van der Waals surface area (Å²) in [6, 6.07) is 8.03. The first-order valence-electron chi connectivity index (χ1n) is 9.77. The smallest absolute Gasteiger partial charge is 0.417 e. The van der Waals surface area contributed by atoms with Gasteiger partial charge in [0.15, 0.2) is 11.5 Å². The lowest BCUT2D eigenvalue weighted by Gasteiger charge is -2.25. The van der Waals surface area contributed by atoms with E-state index in [-0.39, 0.29) is 17.7 Å². The number of halogens is 3. The second-order valence-electron chi connectivity index (χ2n) is 7.17. The van der Waals surface area contributed by atoms with Crippen molar-refractivity contribution in [1.82, 2.24) is 9.88 Å². The summed E-state index contributed by atoms with van der Waals surface area (Å²) in [7, 11) is 0. The summed E-state index contributed by atoms with van der Waals surface area (Å²) in [6.07, 6.45) is -1.05. The number of alkyl halides is 3. The number of likely N-dealkylation sites (tertiary alicyclic amines) is 1. The van der Waals surface area contributed by atoms with Gasteiger partial charge in [0.2, 0.25) is 5.91 Å². The van der Waals surface area contributed by atoms with Crippen LogP contribution >= 0.6 is 11.8 Å². The number of thioether (sulfide) groups is 1. The van der Waals surface area contributed by atoms with Gasteiger partial charge in [-0.15, -0.1) is 0 Å². The molecule has 5 nitrogen and oxygen atoms in total. The van der Waals surface area contributed by atoms with Crippen LogP contribution in [0.4, 0.5) is 13.2 Å². The van der Waals surface area contributed by atoms with Crippen molar-refractivity contribution in [2.75, 3.05) is 25.5 Å². The number of aromatic nitrogens is 1. The summed E-state index contributed by atoms with van der Waals surface area (Å²) < 4.78 is 49.4. The fourth-order valence-electron chi connectivity index (χ4n) is 3.65. The number of carbonyl (C=O) groups excluding carboxylic acids is 1. The van der Waals surface area contributed by atoms with Crippen LogP contribution in [0.2, 0.25) is 0 Å². The Morgan fingerprint density at radius 1 is 1.13 bits per heavy atom. The number of hydrogen-bond donors (Lipinski definition) is 0. The van der Waals surface area contributed by atoms with Crippen molar-refractivity contribution in [3.05, 3.63) is 47.7 Å². The molecule has 3 heterocycles. The SMILES string of the molecule is O=C(CSc1ccc(C(F)(F)F)cn1)N1CCC[C@H]1c1ccc2c(c1)OCCCO2. The lowest BCUT2D eigenvalue weighted by Crippen LogP contribution is -2.32. The van der Waals surface area contributed by atoms with Crippen molar-refractivity contribution in [3.63, 3.8) is 0 Å². The molecule has 0 bridgehead atoms. The molecule has 160 valence electrons. The van der Waals surface area contributed by atoms with Crippen molar-refractivity contribution in [3.8, 4) is 11.5 Å². The molecule has 1 fully saturated rings. The van der Waals surface area contributed by atoms with Crippen molar-refractivity contribution in [2.24, 2.45) is 0 Å². The maximum absolute atomic E-state index is 12.8. The molecule has 0 saturated carbocycles. The first-order chi connectivity index (χ1) is 14.4. The van der Waals surface area contributed by atoms with Gasteiger partial charge in [0.05, 0.1) is 35.6 Å². The minimum atomic E-state index is -4.42. The molecule has 9 heteroatoms. The molecule has 4 rings (SSSR count). The summed E-state index contributed by atoms with van der Waals surface area (Å²) in [5, 5.41) is 0.391. The van der Waals surface area contributed by atoms with E-state index in [1.54, 1.807) is 0 Å². The lowest BCUT2D eigenvalue weighted by atomic mass is 10.0. The molecule has 0 aliphatic carbocycles. The van der Waals surface area contributed by atoms with Crippen LogP contribution in [0.25, 0.3) is 0 Å². The number of amides is 1. The Bertz CT molecular complexity index is 905. The number of nitrogens with zero attached hydrogens (tertiary/aromatic N) is 2. The quantitative estimate of drug-likeness (QED) is 0.647. The third-order valence-corrected chi connectivity index (χ3v) is 6.07. The van der Waals surface area contributed by atoms with E-state index >= 15 is 0 Å². The van der Waals surface area contributed by atoms with Gasteiger partial charge in [-0.25, -0.2) is 4.98 Å². The van der Waals surface area contributed by atoms with Gasteiger partial charge in [0, 0.05) is 19.2 Å². The van der Waals surface area contributed by atoms with E-state index in [4.69, 9.17) is 9.47 Å². The number of rotatable bonds is 4. The predicted molar refractivity (Wildman–Crippen MR) is 106 cm³/mol. The highest BCUT2D eigenvalue weighted by atomic mass is 32.2. The number of fused-ring (bicyclic) bond motifs is 1. The lowest BCUT2D eigenvalue weighted by molar-refractivity contribution is -0.138. The van der Waals surface area contributed by atoms with Crippen LogP contribution in [-0.2, 0) is 11.0 Å². The second-order valence-corrected chi connectivity index (χ2v) is 8.17. The van der Waals surface area contributed by atoms with E-state index in [0.29, 0.717) is 30.5 Å². The highest BCUT2D eigenvalue weighted by molar-refractivity contribution is 7.99. The summed E-state index contributed by atoms with van der Waals surface area (Å²) in [6.45, 7) is 1.87. The molecule has 30 heavy (non-hydrogen) atoms. The Balaban J connectivity index is 1.41. The molecule has 1 atom stereocenters. The van der Waals surface area contributed by atoms with Crippen LogP contribution in [0.1, 0.15) is 36.4 Å². The Hall–Kier alpha value is -2.42. The monoisotopic (exact) mass is 438 g/mol. The van der Waals surface area contributed by atoms with Crippen LogP contribution in [0, 0.1) is 0 Å². The van der Waals surface area contributed by atoms with E-state index in [1.165, 1.54) is 6.07 Å². The van der Waals surface area contributed by atoms with Gasteiger partial charge in [-0.05, 0) is 42.7 Å². The maximum Gasteiger partial charge on any atom is 0.417 e. The topological polar surface area (TPSA) is 51.7 Å². The summed E-state index contributed by atoms with van der Waals surface area (Å²) in [5.74, 6) is 1.49. The van der Waals surface area contributed by atoms with Crippen molar-refractivity contribution in [1.29, 1.82) is 0 Å². The molecule has 1 aromatic carbocycles. The van der Waals surface area contributed by atoms with Crippen LogP contribution in [-0.4, -0.2) is 41.3 Å². The largest absolute Gasteiger partial charge is 0.490 e.